The van der Waals surface area contributed by atoms with Crippen molar-refractivity contribution in [2.45, 2.75) is 24.9 Å². The van der Waals surface area contributed by atoms with Crippen LogP contribution in [0.5, 0.6) is 0 Å². The Morgan fingerprint density at radius 2 is 2.15 bits per heavy atom. The van der Waals surface area contributed by atoms with Gasteiger partial charge in [-0.1, -0.05) is 24.3 Å². The third kappa shape index (κ3) is 0.969. The Morgan fingerprint density at radius 3 is 2.54 bits per heavy atom. The second-order valence-electron chi connectivity index (χ2n) is 4.23. The molecular weight excluding hydrogens is 160 g/mol. The van der Waals surface area contributed by atoms with Crippen LogP contribution in [0.2, 0.25) is 0 Å². The summed E-state index contributed by atoms with van der Waals surface area (Å²) in [6.07, 6.45) is 10.9. The molecule has 0 aromatic carbocycles. The zero-order valence-electron chi connectivity index (χ0n) is 7.87. The Balaban J connectivity index is 2.48. The first-order chi connectivity index (χ1) is 6.16. The SMILES string of the molecule is C=C[C@]12C=C[C@@H](CC1)C[C@@]2(O)C=C. The van der Waals surface area contributed by atoms with Crippen LogP contribution in [0, 0.1) is 11.3 Å². The van der Waals surface area contributed by atoms with Crippen molar-refractivity contribution in [2.75, 3.05) is 0 Å². The molecule has 1 nitrogen and oxygen atoms in total. The van der Waals surface area contributed by atoms with Crippen molar-refractivity contribution in [3.63, 3.8) is 0 Å². The molecular formula is C12H16O. The highest BCUT2D eigenvalue weighted by atomic mass is 16.3. The summed E-state index contributed by atoms with van der Waals surface area (Å²) in [6, 6.07) is 0. The van der Waals surface area contributed by atoms with Crippen LogP contribution in [0.15, 0.2) is 37.5 Å². The van der Waals surface area contributed by atoms with Crippen LogP contribution in [0.1, 0.15) is 19.3 Å². The summed E-state index contributed by atoms with van der Waals surface area (Å²) < 4.78 is 0. The summed E-state index contributed by atoms with van der Waals surface area (Å²) in [7, 11) is 0. The van der Waals surface area contributed by atoms with Crippen molar-refractivity contribution in [1.82, 2.24) is 0 Å². The van der Waals surface area contributed by atoms with E-state index in [1.54, 1.807) is 6.08 Å². The molecule has 3 atom stereocenters. The number of allylic oxidation sites excluding steroid dienone is 1. The molecule has 1 N–H and O–H groups in total. The van der Waals surface area contributed by atoms with Crippen LogP contribution in [-0.4, -0.2) is 10.7 Å². The van der Waals surface area contributed by atoms with Crippen molar-refractivity contribution in [3.8, 4) is 0 Å². The van der Waals surface area contributed by atoms with Gasteiger partial charge >= 0.3 is 0 Å². The Hall–Kier alpha value is -0.820. The minimum absolute atomic E-state index is 0.247. The van der Waals surface area contributed by atoms with Gasteiger partial charge in [-0.3, -0.25) is 0 Å². The maximum Gasteiger partial charge on any atom is 0.0955 e. The molecule has 0 radical (unpaired) electrons. The van der Waals surface area contributed by atoms with Gasteiger partial charge in [0.25, 0.3) is 0 Å². The molecule has 0 spiro atoms. The first-order valence-corrected chi connectivity index (χ1v) is 4.85. The average Bonchev–Trinajstić information content (AvgIpc) is 2.19. The van der Waals surface area contributed by atoms with E-state index < -0.39 is 5.60 Å². The van der Waals surface area contributed by atoms with Gasteiger partial charge in [-0.25, -0.2) is 0 Å². The van der Waals surface area contributed by atoms with Crippen molar-refractivity contribution in [3.05, 3.63) is 37.5 Å². The number of aliphatic hydroxyl groups is 1. The zero-order chi connectivity index (χ0) is 9.53. The van der Waals surface area contributed by atoms with Crippen molar-refractivity contribution in [2.24, 2.45) is 11.3 Å². The Kier molecular flexibility index (Phi) is 1.74. The summed E-state index contributed by atoms with van der Waals surface area (Å²) in [5.41, 5.74) is -1.00. The van der Waals surface area contributed by atoms with Gasteiger partial charge in [-0.2, -0.15) is 0 Å². The van der Waals surface area contributed by atoms with Gasteiger partial charge in [-0.15, -0.1) is 13.2 Å². The van der Waals surface area contributed by atoms with Crippen LogP contribution in [0.4, 0.5) is 0 Å². The quantitative estimate of drug-likeness (QED) is 0.641. The standard InChI is InChI=1S/C12H16O/c1-3-11-7-5-10(6-8-11)9-12(11,13)4-2/h3-5,7,10,13H,1-2,6,8-9H2/t10-,11-,12-/m0/s1. The third-order valence-corrected chi connectivity index (χ3v) is 3.68. The summed E-state index contributed by atoms with van der Waals surface area (Å²) in [4.78, 5) is 0. The van der Waals surface area contributed by atoms with E-state index >= 15 is 0 Å². The molecule has 1 fully saturated rings. The summed E-state index contributed by atoms with van der Waals surface area (Å²) in [5, 5.41) is 10.4. The predicted octanol–water partition coefficient (Wildman–Crippen LogP) is 2.45. The first kappa shape index (κ1) is 8.76. The number of hydrogen-bond acceptors (Lipinski definition) is 1. The average molecular weight is 176 g/mol. The molecule has 2 bridgehead atoms. The van der Waals surface area contributed by atoms with E-state index in [4.69, 9.17) is 0 Å². The van der Waals surface area contributed by atoms with E-state index in [0.717, 1.165) is 12.8 Å². The van der Waals surface area contributed by atoms with Crippen LogP contribution in [0.25, 0.3) is 0 Å². The van der Waals surface area contributed by atoms with Crippen LogP contribution < -0.4 is 0 Å². The predicted molar refractivity (Wildman–Crippen MR) is 54.3 cm³/mol. The van der Waals surface area contributed by atoms with E-state index in [0.29, 0.717) is 5.92 Å². The van der Waals surface area contributed by atoms with Crippen molar-refractivity contribution in [1.29, 1.82) is 0 Å². The van der Waals surface area contributed by atoms with E-state index in [-0.39, 0.29) is 5.41 Å². The molecule has 3 rings (SSSR count). The number of rotatable bonds is 2. The zero-order valence-corrected chi connectivity index (χ0v) is 7.87. The molecule has 1 saturated carbocycles. The summed E-state index contributed by atoms with van der Waals surface area (Å²) >= 11 is 0. The highest BCUT2D eigenvalue weighted by Crippen LogP contribution is 2.53. The Morgan fingerprint density at radius 1 is 1.38 bits per heavy atom. The molecule has 0 aromatic rings. The number of hydrogen-bond donors (Lipinski definition) is 1. The molecule has 0 heterocycles. The van der Waals surface area contributed by atoms with Crippen LogP contribution in [-0.2, 0) is 0 Å². The van der Waals surface area contributed by atoms with Crippen LogP contribution in [0.3, 0.4) is 0 Å². The van der Waals surface area contributed by atoms with Gasteiger partial charge in [0.2, 0.25) is 0 Å². The molecule has 0 saturated heterocycles. The normalized spacial score (nSPS) is 47.6. The van der Waals surface area contributed by atoms with E-state index in [1.807, 2.05) is 6.08 Å². The van der Waals surface area contributed by atoms with E-state index in [2.05, 4.69) is 25.3 Å². The van der Waals surface area contributed by atoms with Gasteiger partial charge < -0.3 is 5.11 Å². The molecule has 3 aliphatic carbocycles. The van der Waals surface area contributed by atoms with Crippen LogP contribution >= 0.6 is 0 Å². The minimum Gasteiger partial charge on any atom is -0.385 e. The Bertz CT molecular complexity index is 279. The molecule has 0 aromatic heterocycles. The van der Waals surface area contributed by atoms with Crippen molar-refractivity contribution >= 4 is 0 Å². The fraction of sp³-hybridized carbons (Fsp3) is 0.500. The maximum atomic E-state index is 10.4. The minimum atomic E-state index is -0.758. The summed E-state index contributed by atoms with van der Waals surface area (Å²) in [5.74, 6) is 0.532. The largest absolute Gasteiger partial charge is 0.385 e. The molecule has 70 valence electrons. The second-order valence-corrected chi connectivity index (χ2v) is 4.23. The second kappa shape index (κ2) is 2.58. The monoisotopic (exact) mass is 176 g/mol. The van der Waals surface area contributed by atoms with Gasteiger partial charge in [0, 0.05) is 5.41 Å². The van der Waals surface area contributed by atoms with Gasteiger partial charge in [0.15, 0.2) is 0 Å². The number of fused-ring (bicyclic) bond motifs is 2. The fourth-order valence-corrected chi connectivity index (χ4v) is 2.65. The molecule has 1 heteroatoms. The lowest BCUT2D eigenvalue weighted by molar-refractivity contribution is -0.0446. The fourth-order valence-electron chi connectivity index (χ4n) is 2.65. The lowest BCUT2D eigenvalue weighted by Crippen LogP contribution is -2.51. The van der Waals surface area contributed by atoms with Gasteiger partial charge in [-0.05, 0) is 25.2 Å². The molecule has 3 aliphatic rings. The van der Waals surface area contributed by atoms with Gasteiger partial charge in [0.05, 0.1) is 5.60 Å². The molecule has 0 aliphatic heterocycles. The highest BCUT2D eigenvalue weighted by molar-refractivity contribution is 5.30. The Labute approximate surface area is 79.5 Å². The summed E-state index contributed by atoms with van der Waals surface area (Å²) in [6.45, 7) is 7.57. The van der Waals surface area contributed by atoms with E-state index in [9.17, 15) is 5.11 Å². The maximum absolute atomic E-state index is 10.4. The van der Waals surface area contributed by atoms with Crippen molar-refractivity contribution < 1.29 is 5.11 Å². The molecule has 0 unspecified atom stereocenters. The first-order valence-electron chi connectivity index (χ1n) is 4.85. The van der Waals surface area contributed by atoms with E-state index in [1.165, 1.54) is 6.42 Å². The molecule has 13 heavy (non-hydrogen) atoms. The topological polar surface area (TPSA) is 20.2 Å². The van der Waals surface area contributed by atoms with Gasteiger partial charge in [0.1, 0.15) is 0 Å². The smallest absolute Gasteiger partial charge is 0.0955 e. The third-order valence-electron chi connectivity index (χ3n) is 3.68. The lowest BCUT2D eigenvalue weighted by Gasteiger charge is -2.51. The molecule has 0 amide bonds. The highest BCUT2D eigenvalue weighted by Gasteiger charge is 2.51. The lowest BCUT2D eigenvalue weighted by atomic mass is 9.56.